The molecule has 1 aliphatic rings. The van der Waals surface area contributed by atoms with Crippen LogP contribution >= 0.6 is 11.6 Å². The van der Waals surface area contributed by atoms with E-state index in [0.29, 0.717) is 11.4 Å². The largest absolute Gasteiger partial charge is 0.327 e. The van der Waals surface area contributed by atoms with E-state index < -0.39 is 0 Å². The number of hydrogen-bond acceptors (Lipinski definition) is 3. The standard InChI is InChI=1S/C16H26ClN3O/c1-3-13-16(17)14(20(4-2)19-13)10-15(21)11-8-6-5-7-9-12(11)18/h11-12H,3-10,18H2,1-2H3. The number of ketones is 1. The number of carbonyl (C=O) groups is 1. The number of carbonyl (C=O) groups excluding carboxylic acids is 1. The molecule has 0 spiro atoms. The molecule has 118 valence electrons. The van der Waals surface area contributed by atoms with Crippen LogP contribution in [0.1, 0.15) is 57.3 Å². The highest BCUT2D eigenvalue weighted by Crippen LogP contribution is 2.27. The Balaban J connectivity index is 2.16. The minimum Gasteiger partial charge on any atom is -0.327 e. The van der Waals surface area contributed by atoms with E-state index in [1.807, 2.05) is 18.5 Å². The molecule has 21 heavy (non-hydrogen) atoms. The Labute approximate surface area is 132 Å². The average Bonchev–Trinajstić information content (AvgIpc) is 2.63. The zero-order chi connectivity index (χ0) is 15.4. The lowest BCUT2D eigenvalue weighted by molar-refractivity contribution is -0.123. The van der Waals surface area contributed by atoms with Gasteiger partial charge in [0.25, 0.3) is 0 Å². The first-order chi connectivity index (χ1) is 10.1. The maximum absolute atomic E-state index is 12.7. The first kappa shape index (κ1) is 16.5. The summed E-state index contributed by atoms with van der Waals surface area (Å²) in [4.78, 5) is 12.7. The van der Waals surface area contributed by atoms with Crippen molar-refractivity contribution in [3.63, 3.8) is 0 Å². The third kappa shape index (κ3) is 3.67. The zero-order valence-electron chi connectivity index (χ0n) is 13.1. The quantitative estimate of drug-likeness (QED) is 0.850. The van der Waals surface area contributed by atoms with Gasteiger partial charge in [0, 0.05) is 18.5 Å². The van der Waals surface area contributed by atoms with E-state index in [-0.39, 0.29) is 17.7 Å². The van der Waals surface area contributed by atoms with E-state index in [2.05, 4.69) is 5.10 Å². The number of halogens is 1. The molecule has 1 saturated carbocycles. The molecule has 1 aromatic rings. The molecule has 0 radical (unpaired) electrons. The van der Waals surface area contributed by atoms with Gasteiger partial charge < -0.3 is 5.73 Å². The maximum Gasteiger partial charge on any atom is 0.143 e. The molecule has 2 atom stereocenters. The fraction of sp³-hybridized carbons (Fsp3) is 0.750. The van der Waals surface area contributed by atoms with Crippen molar-refractivity contribution in [1.29, 1.82) is 0 Å². The normalized spacial score (nSPS) is 23.0. The average molecular weight is 312 g/mol. The summed E-state index contributed by atoms with van der Waals surface area (Å²) in [6.07, 6.45) is 6.44. The summed E-state index contributed by atoms with van der Waals surface area (Å²) in [6, 6.07) is 0.00224. The van der Waals surface area contributed by atoms with Crippen molar-refractivity contribution in [3.8, 4) is 0 Å². The third-order valence-electron chi connectivity index (χ3n) is 4.52. The summed E-state index contributed by atoms with van der Waals surface area (Å²) in [6.45, 7) is 4.79. The Morgan fingerprint density at radius 1 is 1.33 bits per heavy atom. The van der Waals surface area contributed by atoms with Crippen LogP contribution < -0.4 is 5.73 Å². The van der Waals surface area contributed by atoms with E-state index >= 15 is 0 Å². The Morgan fingerprint density at radius 3 is 2.71 bits per heavy atom. The smallest absolute Gasteiger partial charge is 0.143 e. The second-order valence-corrected chi connectivity index (χ2v) is 6.31. The van der Waals surface area contributed by atoms with Crippen LogP contribution in [0.5, 0.6) is 0 Å². The van der Waals surface area contributed by atoms with Crippen molar-refractivity contribution in [2.75, 3.05) is 0 Å². The molecule has 0 saturated heterocycles. The predicted molar refractivity (Wildman–Crippen MR) is 85.6 cm³/mol. The van der Waals surface area contributed by atoms with Crippen molar-refractivity contribution in [3.05, 3.63) is 16.4 Å². The van der Waals surface area contributed by atoms with E-state index in [4.69, 9.17) is 17.3 Å². The Bertz CT molecular complexity index is 498. The maximum atomic E-state index is 12.7. The van der Waals surface area contributed by atoms with Crippen LogP contribution in [0.25, 0.3) is 0 Å². The molecule has 2 N–H and O–H groups in total. The van der Waals surface area contributed by atoms with Crippen LogP contribution in [0.3, 0.4) is 0 Å². The van der Waals surface area contributed by atoms with Crippen LogP contribution in [0, 0.1) is 5.92 Å². The molecule has 0 amide bonds. The van der Waals surface area contributed by atoms with Crippen molar-refractivity contribution in [2.24, 2.45) is 11.7 Å². The number of nitrogens with zero attached hydrogens (tertiary/aromatic N) is 2. The first-order valence-electron chi connectivity index (χ1n) is 8.10. The van der Waals surface area contributed by atoms with Gasteiger partial charge in [0.2, 0.25) is 0 Å². The van der Waals surface area contributed by atoms with E-state index in [1.54, 1.807) is 0 Å². The van der Waals surface area contributed by atoms with Gasteiger partial charge >= 0.3 is 0 Å². The molecule has 0 aliphatic heterocycles. The molecule has 1 fully saturated rings. The molecule has 2 unspecified atom stereocenters. The molecule has 4 nitrogen and oxygen atoms in total. The van der Waals surface area contributed by atoms with Crippen LogP contribution in [0.15, 0.2) is 0 Å². The molecule has 1 aromatic heterocycles. The van der Waals surface area contributed by atoms with Crippen LogP contribution in [0.2, 0.25) is 5.02 Å². The highest BCUT2D eigenvalue weighted by Gasteiger charge is 2.28. The Hall–Kier alpha value is -0.870. The van der Waals surface area contributed by atoms with Crippen LogP contribution in [0.4, 0.5) is 0 Å². The van der Waals surface area contributed by atoms with Gasteiger partial charge in [-0.15, -0.1) is 0 Å². The molecule has 1 heterocycles. The van der Waals surface area contributed by atoms with Gasteiger partial charge in [0.1, 0.15) is 5.78 Å². The summed E-state index contributed by atoms with van der Waals surface area (Å²) in [5, 5.41) is 5.15. The van der Waals surface area contributed by atoms with Crippen molar-refractivity contribution < 1.29 is 4.79 Å². The summed E-state index contributed by atoms with van der Waals surface area (Å²) < 4.78 is 1.86. The fourth-order valence-electron chi connectivity index (χ4n) is 3.22. The number of hydrogen-bond donors (Lipinski definition) is 1. The Kier molecular flexibility index (Phi) is 5.82. The van der Waals surface area contributed by atoms with E-state index in [9.17, 15) is 4.79 Å². The highest BCUT2D eigenvalue weighted by molar-refractivity contribution is 6.32. The van der Waals surface area contributed by atoms with Gasteiger partial charge in [-0.25, -0.2) is 0 Å². The number of aryl methyl sites for hydroxylation is 2. The summed E-state index contributed by atoms with van der Waals surface area (Å²) in [5.41, 5.74) is 7.94. The number of aromatic nitrogens is 2. The summed E-state index contributed by atoms with van der Waals surface area (Å²) in [5.74, 6) is 0.206. The SMILES string of the molecule is CCc1nn(CC)c(CC(=O)C2CCCCCC2N)c1Cl. The van der Waals surface area contributed by atoms with Crippen LogP contribution in [-0.4, -0.2) is 21.6 Å². The zero-order valence-corrected chi connectivity index (χ0v) is 13.8. The second kappa shape index (κ2) is 7.41. The van der Waals surface area contributed by atoms with E-state index in [0.717, 1.165) is 50.0 Å². The third-order valence-corrected chi connectivity index (χ3v) is 4.96. The lowest BCUT2D eigenvalue weighted by Crippen LogP contribution is -2.35. The highest BCUT2D eigenvalue weighted by atomic mass is 35.5. The fourth-order valence-corrected chi connectivity index (χ4v) is 3.55. The lowest BCUT2D eigenvalue weighted by Gasteiger charge is -2.20. The van der Waals surface area contributed by atoms with Crippen molar-refractivity contribution in [2.45, 2.75) is 71.4 Å². The van der Waals surface area contributed by atoms with Crippen molar-refractivity contribution in [1.82, 2.24) is 9.78 Å². The Morgan fingerprint density at radius 2 is 2.05 bits per heavy atom. The van der Waals surface area contributed by atoms with Gasteiger partial charge in [-0.3, -0.25) is 9.48 Å². The molecule has 0 bridgehead atoms. The number of nitrogens with two attached hydrogens (primary N) is 1. The van der Waals surface area contributed by atoms with Gasteiger partial charge in [-0.05, 0) is 26.2 Å². The van der Waals surface area contributed by atoms with Crippen LogP contribution in [-0.2, 0) is 24.2 Å². The predicted octanol–water partition coefficient (Wildman–Crippen LogP) is 3.14. The van der Waals surface area contributed by atoms with Gasteiger partial charge in [-0.1, -0.05) is 37.8 Å². The van der Waals surface area contributed by atoms with Gasteiger partial charge in [0.05, 0.1) is 22.8 Å². The minimum absolute atomic E-state index is 0.00224. The first-order valence-corrected chi connectivity index (χ1v) is 8.48. The molecular formula is C16H26ClN3O. The molecule has 1 aliphatic carbocycles. The van der Waals surface area contributed by atoms with Crippen molar-refractivity contribution >= 4 is 17.4 Å². The van der Waals surface area contributed by atoms with E-state index in [1.165, 1.54) is 6.42 Å². The molecule has 5 heteroatoms. The molecule has 2 rings (SSSR count). The van der Waals surface area contributed by atoms with Gasteiger partial charge in [0.15, 0.2) is 0 Å². The number of rotatable bonds is 5. The van der Waals surface area contributed by atoms with Gasteiger partial charge in [-0.2, -0.15) is 5.10 Å². The monoisotopic (exact) mass is 311 g/mol. The minimum atomic E-state index is -0.0196. The topological polar surface area (TPSA) is 60.9 Å². The summed E-state index contributed by atoms with van der Waals surface area (Å²) >= 11 is 6.39. The second-order valence-electron chi connectivity index (χ2n) is 5.93. The number of Topliss-reactive ketones (excluding diaryl/α,β-unsaturated/α-hetero) is 1. The lowest BCUT2D eigenvalue weighted by atomic mass is 9.89. The molecule has 0 aromatic carbocycles. The summed E-state index contributed by atoms with van der Waals surface area (Å²) in [7, 11) is 0. The molecular weight excluding hydrogens is 286 g/mol.